The Hall–Kier alpha value is -3.13. The summed E-state index contributed by atoms with van der Waals surface area (Å²) in [4.78, 5) is 22.8. The summed E-state index contributed by atoms with van der Waals surface area (Å²) in [6.07, 6.45) is 6.04. The lowest BCUT2D eigenvalue weighted by Gasteiger charge is -2.11. The van der Waals surface area contributed by atoms with Crippen LogP contribution in [0.5, 0.6) is 5.75 Å². The number of nitrogens with zero attached hydrogens (tertiary/aromatic N) is 3. The number of nitro groups is 1. The standard InChI is InChI=1S/C14H15N3O7S/c1-5-6-24-13-11(17(19)20)7-10(14(18)23-4)8-12(13)25(21,22)15-9-16(2)3/h1,7-9H,6H2,2-4H3/b15-9+. The van der Waals surface area contributed by atoms with Crippen molar-refractivity contribution in [2.75, 3.05) is 27.8 Å². The van der Waals surface area contributed by atoms with Crippen molar-refractivity contribution >= 4 is 28.0 Å². The van der Waals surface area contributed by atoms with E-state index in [2.05, 4.69) is 15.1 Å². The van der Waals surface area contributed by atoms with E-state index in [1.54, 1.807) is 0 Å². The Morgan fingerprint density at radius 3 is 2.60 bits per heavy atom. The zero-order valence-corrected chi connectivity index (χ0v) is 14.4. The number of sulfonamides is 1. The van der Waals surface area contributed by atoms with E-state index in [1.165, 1.54) is 19.0 Å². The van der Waals surface area contributed by atoms with E-state index >= 15 is 0 Å². The average Bonchev–Trinajstić information content (AvgIpc) is 2.56. The molecule has 0 fully saturated rings. The van der Waals surface area contributed by atoms with Gasteiger partial charge in [-0.15, -0.1) is 10.8 Å². The Balaban J connectivity index is 3.76. The van der Waals surface area contributed by atoms with Gasteiger partial charge >= 0.3 is 11.7 Å². The summed E-state index contributed by atoms with van der Waals surface area (Å²) in [5.41, 5.74) is -1.10. The van der Waals surface area contributed by atoms with Gasteiger partial charge in [-0.3, -0.25) is 10.1 Å². The third-order valence-electron chi connectivity index (χ3n) is 2.65. The molecule has 0 spiro atoms. The zero-order valence-electron chi connectivity index (χ0n) is 13.6. The van der Waals surface area contributed by atoms with Gasteiger partial charge in [0.05, 0.1) is 17.6 Å². The average molecular weight is 369 g/mol. The molecular formula is C14H15N3O7S. The molecule has 0 saturated carbocycles. The number of rotatable bonds is 7. The Bertz CT molecular complexity index is 854. The first-order valence-electron chi connectivity index (χ1n) is 6.58. The molecule has 0 aliphatic heterocycles. The van der Waals surface area contributed by atoms with Gasteiger partial charge in [-0.25, -0.2) is 4.79 Å². The molecule has 25 heavy (non-hydrogen) atoms. The molecule has 0 heterocycles. The molecule has 0 aliphatic carbocycles. The number of carbonyl (C=O) groups excluding carboxylic acids is 1. The van der Waals surface area contributed by atoms with Crippen LogP contribution in [0.3, 0.4) is 0 Å². The molecule has 0 amide bonds. The lowest BCUT2D eigenvalue weighted by atomic mass is 10.2. The van der Waals surface area contributed by atoms with Crippen LogP contribution in [0.2, 0.25) is 0 Å². The molecule has 10 nitrogen and oxygen atoms in total. The molecule has 0 unspecified atom stereocenters. The molecule has 11 heteroatoms. The number of ether oxygens (including phenoxy) is 2. The number of methoxy groups -OCH3 is 1. The lowest BCUT2D eigenvalue weighted by molar-refractivity contribution is -0.386. The van der Waals surface area contributed by atoms with Crippen LogP contribution in [-0.2, 0) is 14.8 Å². The highest BCUT2D eigenvalue weighted by Gasteiger charge is 2.30. The van der Waals surface area contributed by atoms with Gasteiger partial charge in [0.15, 0.2) is 0 Å². The minimum absolute atomic E-state index is 0.346. The first-order chi connectivity index (χ1) is 11.6. The third kappa shape index (κ3) is 4.92. The largest absolute Gasteiger partial charge is 0.473 e. The van der Waals surface area contributed by atoms with Gasteiger partial charge < -0.3 is 14.4 Å². The van der Waals surface area contributed by atoms with E-state index in [1.807, 2.05) is 0 Å². The molecule has 1 aromatic rings. The number of nitro benzene ring substituents is 1. The number of benzene rings is 1. The fraction of sp³-hybridized carbons (Fsp3) is 0.286. The summed E-state index contributed by atoms with van der Waals surface area (Å²) in [6.45, 7) is -0.418. The number of carbonyl (C=O) groups is 1. The Morgan fingerprint density at radius 1 is 1.48 bits per heavy atom. The normalized spacial score (nSPS) is 11.0. The fourth-order valence-electron chi connectivity index (χ4n) is 1.62. The molecule has 0 saturated heterocycles. The highest BCUT2D eigenvalue weighted by molar-refractivity contribution is 7.90. The van der Waals surface area contributed by atoms with Gasteiger partial charge in [0.25, 0.3) is 10.0 Å². The zero-order chi connectivity index (χ0) is 19.2. The number of hydrogen-bond donors (Lipinski definition) is 0. The second-order valence-corrected chi connectivity index (χ2v) is 6.32. The van der Waals surface area contributed by atoms with Crippen molar-refractivity contribution in [3.8, 4) is 18.1 Å². The maximum Gasteiger partial charge on any atom is 0.338 e. The quantitative estimate of drug-likeness (QED) is 0.171. The smallest absolute Gasteiger partial charge is 0.338 e. The molecule has 1 aromatic carbocycles. The van der Waals surface area contributed by atoms with Crippen LogP contribution < -0.4 is 4.74 Å². The second kappa shape index (κ2) is 8.11. The van der Waals surface area contributed by atoms with Crippen molar-refractivity contribution in [3.05, 3.63) is 27.8 Å². The first kappa shape index (κ1) is 19.9. The van der Waals surface area contributed by atoms with Crippen LogP contribution in [0.15, 0.2) is 21.4 Å². The highest BCUT2D eigenvalue weighted by Crippen LogP contribution is 2.36. The predicted molar refractivity (Wildman–Crippen MR) is 88.1 cm³/mol. The van der Waals surface area contributed by atoms with E-state index < -0.39 is 43.9 Å². The van der Waals surface area contributed by atoms with Gasteiger partial charge in [0.1, 0.15) is 17.8 Å². The van der Waals surface area contributed by atoms with Crippen LogP contribution in [0.4, 0.5) is 5.69 Å². The SMILES string of the molecule is C#CCOc1c([N+](=O)[O-])cc(C(=O)OC)cc1S(=O)(=O)/N=C/N(C)C. The van der Waals surface area contributed by atoms with Crippen molar-refractivity contribution < 1.29 is 27.6 Å². The second-order valence-electron chi connectivity index (χ2n) is 4.72. The summed E-state index contributed by atoms with van der Waals surface area (Å²) in [5, 5.41) is 11.3. The predicted octanol–water partition coefficient (Wildman–Crippen LogP) is 0.672. The lowest BCUT2D eigenvalue weighted by Crippen LogP contribution is -2.13. The van der Waals surface area contributed by atoms with Crippen molar-refractivity contribution in [1.29, 1.82) is 0 Å². The molecular weight excluding hydrogens is 354 g/mol. The molecule has 134 valence electrons. The monoisotopic (exact) mass is 369 g/mol. The van der Waals surface area contributed by atoms with E-state index in [-0.39, 0.29) is 5.56 Å². The summed E-state index contributed by atoms with van der Waals surface area (Å²) < 4.78 is 37.8. The Morgan fingerprint density at radius 2 is 2.12 bits per heavy atom. The molecule has 0 N–H and O–H groups in total. The maximum absolute atomic E-state index is 12.4. The van der Waals surface area contributed by atoms with Crippen molar-refractivity contribution in [3.63, 3.8) is 0 Å². The minimum Gasteiger partial charge on any atom is -0.473 e. The summed E-state index contributed by atoms with van der Waals surface area (Å²) >= 11 is 0. The van der Waals surface area contributed by atoms with Crippen LogP contribution >= 0.6 is 0 Å². The van der Waals surface area contributed by atoms with E-state index in [0.717, 1.165) is 25.6 Å². The molecule has 0 aliphatic rings. The third-order valence-corrected chi connectivity index (χ3v) is 3.88. The maximum atomic E-state index is 12.4. The first-order valence-corrected chi connectivity index (χ1v) is 8.02. The van der Waals surface area contributed by atoms with Crippen molar-refractivity contribution in [2.24, 2.45) is 4.40 Å². The van der Waals surface area contributed by atoms with Gasteiger partial charge in [-0.1, -0.05) is 5.92 Å². The molecule has 0 bridgehead atoms. The molecule has 1 rings (SSSR count). The molecule has 0 radical (unpaired) electrons. The van der Waals surface area contributed by atoms with Crippen LogP contribution in [0, 0.1) is 22.5 Å². The van der Waals surface area contributed by atoms with Crippen LogP contribution in [0.25, 0.3) is 0 Å². The molecule has 0 aromatic heterocycles. The fourth-order valence-corrected chi connectivity index (χ4v) is 2.72. The Kier molecular flexibility index (Phi) is 6.46. The number of terminal acetylenes is 1. The van der Waals surface area contributed by atoms with E-state index in [9.17, 15) is 23.3 Å². The summed E-state index contributed by atoms with van der Waals surface area (Å²) in [7, 11) is -0.304. The van der Waals surface area contributed by atoms with E-state index in [0.29, 0.717) is 0 Å². The molecule has 0 atom stereocenters. The topological polar surface area (TPSA) is 128 Å². The summed E-state index contributed by atoms with van der Waals surface area (Å²) in [6, 6.07) is 1.72. The van der Waals surface area contributed by atoms with Gasteiger partial charge in [0, 0.05) is 20.2 Å². The van der Waals surface area contributed by atoms with Gasteiger partial charge in [0.2, 0.25) is 5.75 Å². The van der Waals surface area contributed by atoms with Crippen LogP contribution in [0.1, 0.15) is 10.4 Å². The van der Waals surface area contributed by atoms with E-state index in [4.69, 9.17) is 11.2 Å². The van der Waals surface area contributed by atoms with Crippen molar-refractivity contribution in [1.82, 2.24) is 4.90 Å². The van der Waals surface area contributed by atoms with Crippen molar-refractivity contribution in [2.45, 2.75) is 4.90 Å². The number of esters is 1. The number of hydrogen-bond acceptors (Lipinski definition) is 7. The Labute approximate surface area is 144 Å². The highest BCUT2D eigenvalue weighted by atomic mass is 32.2. The summed E-state index contributed by atoms with van der Waals surface area (Å²) in [5.74, 6) is 0.518. The van der Waals surface area contributed by atoms with Gasteiger partial charge in [-0.2, -0.15) is 8.42 Å². The van der Waals surface area contributed by atoms with Gasteiger partial charge in [-0.05, 0) is 6.07 Å². The minimum atomic E-state index is -4.41. The van der Waals surface area contributed by atoms with Crippen LogP contribution in [-0.4, -0.2) is 58.4 Å².